The number of rotatable bonds is 4. The SMILES string of the molecule is CC(C)(C)OC(=O)N[C@H]1CSc2cc(F)c(C(=O)O)cc2N(Cc2ccc(Cl)c(F)c2)C1=O. The highest BCUT2D eigenvalue weighted by Crippen LogP contribution is 2.37. The van der Waals surface area contributed by atoms with Gasteiger partial charge in [-0.2, -0.15) is 0 Å². The summed E-state index contributed by atoms with van der Waals surface area (Å²) in [6, 6.07) is 5.00. The summed E-state index contributed by atoms with van der Waals surface area (Å²) in [5, 5.41) is 11.7. The van der Waals surface area contributed by atoms with Gasteiger partial charge in [-0.25, -0.2) is 18.4 Å². The van der Waals surface area contributed by atoms with Crippen molar-refractivity contribution in [1.29, 1.82) is 0 Å². The number of hydrogen-bond donors (Lipinski definition) is 2. The zero-order chi connectivity index (χ0) is 24.5. The Bertz CT molecular complexity index is 1120. The highest BCUT2D eigenvalue weighted by atomic mass is 35.5. The average Bonchev–Trinajstić information content (AvgIpc) is 2.80. The van der Waals surface area contributed by atoms with Crippen LogP contribution in [0.25, 0.3) is 0 Å². The Labute approximate surface area is 198 Å². The van der Waals surface area contributed by atoms with Crippen molar-refractivity contribution in [1.82, 2.24) is 5.32 Å². The van der Waals surface area contributed by atoms with Crippen LogP contribution < -0.4 is 10.2 Å². The van der Waals surface area contributed by atoms with E-state index in [-0.39, 0.29) is 23.0 Å². The third-order valence-electron chi connectivity index (χ3n) is 4.56. The number of carbonyl (C=O) groups is 3. The minimum absolute atomic E-state index is 0.0441. The summed E-state index contributed by atoms with van der Waals surface area (Å²) >= 11 is 6.81. The van der Waals surface area contributed by atoms with Gasteiger partial charge >= 0.3 is 12.1 Å². The molecular formula is C22H21ClF2N2O5S. The molecule has 0 bridgehead atoms. The van der Waals surface area contributed by atoms with Crippen LogP contribution in [0.2, 0.25) is 5.02 Å². The molecule has 2 aromatic carbocycles. The largest absolute Gasteiger partial charge is 0.478 e. The molecule has 0 aliphatic carbocycles. The van der Waals surface area contributed by atoms with Gasteiger partial charge in [-0.1, -0.05) is 17.7 Å². The van der Waals surface area contributed by atoms with E-state index in [1.165, 1.54) is 17.0 Å². The van der Waals surface area contributed by atoms with Crippen molar-refractivity contribution >= 4 is 47.0 Å². The summed E-state index contributed by atoms with van der Waals surface area (Å²) in [7, 11) is 0. The van der Waals surface area contributed by atoms with Crippen LogP contribution in [0.4, 0.5) is 19.3 Å². The van der Waals surface area contributed by atoms with E-state index in [0.29, 0.717) is 10.5 Å². The van der Waals surface area contributed by atoms with Crippen molar-refractivity contribution in [2.24, 2.45) is 0 Å². The molecule has 0 aromatic heterocycles. The standard InChI is InChI=1S/C22H21ClF2N2O5S/c1-22(2,3)32-21(31)26-16-10-33-18-8-14(24)12(20(29)30)7-17(18)27(19(16)28)9-11-4-5-13(23)15(25)6-11/h4-8,16H,9-10H2,1-3H3,(H,26,31)(H,29,30)/t16-/m0/s1. The molecular weight excluding hydrogens is 478 g/mol. The van der Waals surface area contributed by atoms with Gasteiger partial charge in [0, 0.05) is 10.6 Å². The Morgan fingerprint density at radius 2 is 1.94 bits per heavy atom. The first kappa shape index (κ1) is 24.8. The van der Waals surface area contributed by atoms with Crippen molar-refractivity contribution in [3.8, 4) is 0 Å². The predicted octanol–water partition coefficient (Wildman–Crippen LogP) is 4.85. The molecule has 3 rings (SSSR count). The zero-order valence-electron chi connectivity index (χ0n) is 17.9. The summed E-state index contributed by atoms with van der Waals surface area (Å²) in [5.74, 6) is -3.71. The highest BCUT2D eigenvalue weighted by molar-refractivity contribution is 7.99. The van der Waals surface area contributed by atoms with E-state index < -0.39 is 46.8 Å². The minimum atomic E-state index is -1.50. The zero-order valence-corrected chi connectivity index (χ0v) is 19.5. The van der Waals surface area contributed by atoms with Crippen molar-refractivity contribution in [2.75, 3.05) is 10.7 Å². The molecule has 2 N–H and O–H groups in total. The number of ether oxygens (including phenoxy) is 1. The van der Waals surface area contributed by atoms with Gasteiger partial charge in [0.05, 0.1) is 22.8 Å². The maximum Gasteiger partial charge on any atom is 0.408 e. The quantitative estimate of drug-likeness (QED) is 0.625. The Morgan fingerprint density at radius 3 is 2.55 bits per heavy atom. The second-order valence-electron chi connectivity index (χ2n) is 8.29. The van der Waals surface area contributed by atoms with Gasteiger partial charge in [-0.05, 0) is 50.6 Å². The van der Waals surface area contributed by atoms with E-state index in [1.807, 2.05) is 0 Å². The summed E-state index contributed by atoms with van der Waals surface area (Å²) in [6.07, 6.45) is -0.817. The molecule has 11 heteroatoms. The van der Waals surface area contributed by atoms with Gasteiger partial charge in [0.1, 0.15) is 23.3 Å². The molecule has 0 unspecified atom stereocenters. The smallest absolute Gasteiger partial charge is 0.408 e. The first-order valence-electron chi connectivity index (χ1n) is 9.80. The van der Waals surface area contributed by atoms with Crippen molar-refractivity contribution < 1.29 is 33.0 Å². The number of thioether (sulfide) groups is 1. The Hall–Kier alpha value is -2.85. The fraction of sp³-hybridized carbons (Fsp3) is 0.318. The van der Waals surface area contributed by atoms with E-state index in [0.717, 1.165) is 30.0 Å². The number of benzene rings is 2. The summed E-state index contributed by atoms with van der Waals surface area (Å²) in [4.78, 5) is 38.7. The number of carboxylic acids is 1. The van der Waals surface area contributed by atoms with Crippen molar-refractivity contribution in [2.45, 2.75) is 43.9 Å². The number of hydrogen-bond acceptors (Lipinski definition) is 5. The molecule has 1 atom stereocenters. The maximum absolute atomic E-state index is 14.4. The normalized spacial score (nSPS) is 16.1. The van der Waals surface area contributed by atoms with Gasteiger partial charge < -0.3 is 20.1 Å². The van der Waals surface area contributed by atoms with E-state index in [4.69, 9.17) is 16.3 Å². The van der Waals surface area contributed by atoms with Gasteiger partial charge in [0.2, 0.25) is 0 Å². The number of anilines is 1. The fourth-order valence-corrected chi connectivity index (χ4v) is 4.32. The lowest BCUT2D eigenvalue weighted by Gasteiger charge is -2.27. The third-order valence-corrected chi connectivity index (χ3v) is 6.00. The van der Waals surface area contributed by atoms with Crippen LogP contribution in [-0.2, 0) is 16.1 Å². The predicted molar refractivity (Wildman–Crippen MR) is 120 cm³/mol. The maximum atomic E-state index is 14.4. The molecule has 0 saturated carbocycles. The molecule has 1 aliphatic rings. The van der Waals surface area contributed by atoms with Crippen LogP contribution in [0.5, 0.6) is 0 Å². The molecule has 0 saturated heterocycles. The molecule has 0 fully saturated rings. The molecule has 2 aromatic rings. The number of alkyl carbamates (subject to hydrolysis) is 1. The van der Waals surface area contributed by atoms with Gasteiger partial charge in [-0.3, -0.25) is 4.79 Å². The average molecular weight is 499 g/mol. The summed E-state index contributed by atoms with van der Waals surface area (Å²) in [5.41, 5.74) is -0.922. The number of nitrogens with zero attached hydrogens (tertiary/aromatic N) is 1. The monoisotopic (exact) mass is 498 g/mol. The topological polar surface area (TPSA) is 95.9 Å². The van der Waals surface area contributed by atoms with Crippen LogP contribution >= 0.6 is 23.4 Å². The number of halogens is 3. The fourth-order valence-electron chi connectivity index (χ4n) is 3.12. The van der Waals surface area contributed by atoms with Crippen LogP contribution in [0.1, 0.15) is 36.7 Å². The Morgan fingerprint density at radius 1 is 1.24 bits per heavy atom. The van der Waals surface area contributed by atoms with E-state index in [1.54, 1.807) is 20.8 Å². The molecule has 176 valence electrons. The number of carbonyl (C=O) groups excluding carboxylic acids is 2. The second kappa shape index (κ2) is 9.56. The van der Waals surface area contributed by atoms with Crippen LogP contribution in [0.15, 0.2) is 35.2 Å². The Kier molecular flexibility index (Phi) is 7.18. The van der Waals surface area contributed by atoms with Gasteiger partial charge in [-0.15, -0.1) is 11.8 Å². The lowest BCUT2D eigenvalue weighted by molar-refractivity contribution is -0.120. The molecule has 2 amide bonds. The number of fused-ring (bicyclic) bond motifs is 1. The molecule has 0 radical (unpaired) electrons. The van der Waals surface area contributed by atoms with Crippen molar-refractivity contribution in [3.63, 3.8) is 0 Å². The Balaban J connectivity index is 2.02. The van der Waals surface area contributed by atoms with Gasteiger partial charge in [0.15, 0.2) is 0 Å². The number of carboxylic acid groups (broad SMARTS) is 1. The number of amides is 2. The highest BCUT2D eigenvalue weighted by Gasteiger charge is 2.34. The minimum Gasteiger partial charge on any atom is -0.478 e. The first-order valence-corrected chi connectivity index (χ1v) is 11.2. The number of nitrogens with one attached hydrogen (secondary N) is 1. The van der Waals surface area contributed by atoms with Gasteiger partial charge in [0.25, 0.3) is 5.91 Å². The number of aromatic carboxylic acids is 1. The second-order valence-corrected chi connectivity index (χ2v) is 9.76. The lowest BCUT2D eigenvalue weighted by atomic mass is 10.1. The third kappa shape index (κ3) is 5.94. The van der Waals surface area contributed by atoms with Crippen LogP contribution in [0, 0.1) is 11.6 Å². The lowest BCUT2D eigenvalue weighted by Crippen LogP contribution is -2.50. The van der Waals surface area contributed by atoms with Crippen molar-refractivity contribution in [3.05, 3.63) is 58.1 Å². The first-order chi connectivity index (χ1) is 15.4. The van der Waals surface area contributed by atoms with E-state index in [2.05, 4.69) is 5.32 Å². The summed E-state index contributed by atoms with van der Waals surface area (Å²) in [6.45, 7) is 4.84. The van der Waals surface area contributed by atoms with Crippen LogP contribution in [0.3, 0.4) is 0 Å². The molecule has 0 spiro atoms. The molecule has 1 heterocycles. The van der Waals surface area contributed by atoms with Crippen LogP contribution in [-0.4, -0.2) is 40.5 Å². The van der Waals surface area contributed by atoms with E-state index >= 15 is 0 Å². The van der Waals surface area contributed by atoms with E-state index in [9.17, 15) is 28.3 Å². The molecule has 33 heavy (non-hydrogen) atoms. The summed E-state index contributed by atoms with van der Waals surface area (Å²) < 4.78 is 33.6. The molecule has 7 nitrogen and oxygen atoms in total. The molecule has 1 aliphatic heterocycles.